The third-order valence-corrected chi connectivity index (χ3v) is 9.15. The van der Waals surface area contributed by atoms with Crippen LogP contribution >= 0.6 is 23.1 Å². The van der Waals surface area contributed by atoms with E-state index in [1.54, 1.807) is 49.5 Å². The Hall–Kier alpha value is -3.31. The number of hydrogen-bond donors (Lipinski definition) is 0. The van der Waals surface area contributed by atoms with Gasteiger partial charge in [0.15, 0.2) is 0 Å². The molecular formula is C28H28N2O5S3. The minimum Gasteiger partial charge on any atom is -0.744 e. The van der Waals surface area contributed by atoms with E-state index in [-0.39, 0.29) is 4.90 Å². The van der Waals surface area contributed by atoms with Crippen LogP contribution in [0.15, 0.2) is 87.6 Å². The highest BCUT2D eigenvalue weighted by Gasteiger charge is 2.22. The van der Waals surface area contributed by atoms with Crippen LogP contribution in [0.3, 0.4) is 0 Å². The molecule has 0 aliphatic carbocycles. The first-order chi connectivity index (χ1) is 18.1. The van der Waals surface area contributed by atoms with Gasteiger partial charge >= 0.3 is 0 Å². The number of hydrogen-bond acceptors (Lipinski definition) is 8. The summed E-state index contributed by atoms with van der Waals surface area (Å²) in [6.45, 7) is 1.82. The highest BCUT2D eigenvalue weighted by Crippen LogP contribution is 2.46. The quantitative estimate of drug-likeness (QED) is 0.224. The molecule has 198 valence electrons. The molecule has 1 aliphatic rings. The van der Waals surface area contributed by atoms with Gasteiger partial charge in [0.2, 0.25) is 5.52 Å². The van der Waals surface area contributed by atoms with Crippen LogP contribution in [0.4, 0.5) is 5.69 Å². The fraction of sp³-hybridized carbons (Fsp3) is 0.179. The van der Waals surface area contributed by atoms with Crippen molar-refractivity contribution in [2.45, 2.75) is 16.7 Å². The van der Waals surface area contributed by atoms with Crippen molar-refractivity contribution in [1.29, 1.82) is 0 Å². The van der Waals surface area contributed by atoms with Gasteiger partial charge in [-0.25, -0.2) is 8.42 Å². The molecular weight excluding hydrogens is 541 g/mol. The Morgan fingerprint density at radius 1 is 0.974 bits per heavy atom. The summed E-state index contributed by atoms with van der Waals surface area (Å²) in [7, 11) is 3.30. The van der Waals surface area contributed by atoms with Crippen molar-refractivity contribution in [2.24, 2.45) is 7.05 Å². The third kappa shape index (κ3) is 6.21. The number of ether oxygens (including phenoxy) is 2. The molecule has 7 nitrogen and oxygen atoms in total. The average molecular weight is 569 g/mol. The summed E-state index contributed by atoms with van der Waals surface area (Å²) in [5, 5.41) is 2.39. The number of aromatic nitrogens is 1. The summed E-state index contributed by atoms with van der Waals surface area (Å²) in [6, 6.07) is 18.2. The largest absolute Gasteiger partial charge is 0.744 e. The number of fused-ring (bicyclic) bond motifs is 2. The number of anilines is 1. The highest BCUT2D eigenvalue weighted by molar-refractivity contribution is 8.03. The minimum atomic E-state index is -4.27. The molecule has 3 aromatic carbocycles. The van der Waals surface area contributed by atoms with E-state index in [4.69, 9.17) is 9.47 Å². The number of benzene rings is 3. The molecule has 1 aliphatic heterocycles. The lowest BCUT2D eigenvalue weighted by Gasteiger charge is -2.13. The van der Waals surface area contributed by atoms with Gasteiger partial charge in [-0.05, 0) is 49.4 Å². The van der Waals surface area contributed by atoms with Gasteiger partial charge in [-0.15, -0.1) is 0 Å². The smallest absolute Gasteiger partial charge is 0.262 e. The highest BCUT2D eigenvalue weighted by atomic mass is 32.2. The SMILES string of the molecule is COc1ccc2c(c1)N(C)/C(=C/C=C/c1sc3ccc(OC)cc3[n+]1C)S2.Cc1ccc(S(=O)(=O)[O-])cc1. The Kier molecular flexibility index (Phi) is 8.47. The van der Waals surface area contributed by atoms with Gasteiger partial charge < -0.3 is 18.9 Å². The Bertz CT molecular complexity index is 1620. The number of rotatable bonds is 5. The van der Waals surface area contributed by atoms with E-state index < -0.39 is 10.1 Å². The average Bonchev–Trinajstić information content (AvgIpc) is 3.39. The third-order valence-electron chi connectivity index (χ3n) is 5.93. The van der Waals surface area contributed by atoms with Crippen molar-refractivity contribution < 1.29 is 27.0 Å². The zero-order valence-corrected chi connectivity index (χ0v) is 24.1. The van der Waals surface area contributed by atoms with Gasteiger partial charge in [0, 0.05) is 24.1 Å². The molecule has 0 atom stereocenters. The fourth-order valence-corrected chi connectivity index (χ4v) is 6.31. The topological polar surface area (TPSA) is 82.8 Å². The molecule has 0 N–H and O–H groups in total. The normalized spacial score (nSPS) is 14.1. The molecule has 0 saturated heterocycles. The lowest BCUT2D eigenvalue weighted by Crippen LogP contribution is -2.28. The second-order valence-corrected chi connectivity index (χ2v) is 12.0. The summed E-state index contributed by atoms with van der Waals surface area (Å²) in [6.07, 6.45) is 6.42. The maximum absolute atomic E-state index is 10.4. The van der Waals surface area contributed by atoms with Gasteiger partial charge in [0.25, 0.3) is 5.01 Å². The summed E-state index contributed by atoms with van der Waals surface area (Å²) in [5.74, 6) is 1.76. The number of aryl methyl sites for hydroxylation is 2. The predicted octanol–water partition coefficient (Wildman–Crippen LogP) is 5.74. The Balaban J connectivity index is 0.000000257. The lowest BCUT2D eigenvalue weighted by molar-refractivity contribution is -0.642. The molecule has 1 aromatic heterocycles. The molecule has 0 unspecified atom stereocenters. The summed E-state index contributed by atoms with van der Waals surface area (Å²) >= 11 is 3.55. The van der Waals surface area contributed by atoms with Crippen LogP contribution in [0.5, 0.6) is 11.5 Å². The lowest BCUT2D eigenvalue weighted by atomic mass is 10.2. The molecule has 4 aromatic rings. The minimum absolute atomic E-state index is 0.178. The molecule has 5 rings (SSSR count). The van der Waals surface area contributed by atoms with Crippen LogP contribution in [0.2, 0.25) is 0 Å². The molecule has 0 spiro atoms. The number of thioether (sulfide) groups is 1. The van der Waals surface area contributed by atoms with E-state index in [2.05, 4.69) is 66.1 Å². The van der Waals surface area contributed by atoms with E-state index >= 15 is 0 Å². The van der Waals surface area contributed by atoms with E-state index in [1.807, 2.05) is 19.1 Å². The first-order valence-corrected chi connectivity index (χ1v) is 14.6. The number of nitrogens with zero attached hydrogens (tertiary/aromatic N) is 2. The zero-order valence-electron chi connectivity index (χ0n) is 21.7. The Morgan fingerprint density at radius 2 is 1.63 bits per heavy atom. The second-order valence-electron chi connectivity index (χ2n) is 8.46. The molecule has 0 amide bonds. The monoisotopic (exact) mass is 568 g/mol. The van der Waals surface area contributed by atoms with Crippen LogP contribution in [0.25, 0.3) is 16.3 Å². The first kappa shape index (κ1) is 27.7. The summed E-state index contributed by atoms with van der Waals surface area (Å²) < 4.78 is 45.3. The van der Waals surface area contributed by atoms with Crippen LogP contribution in [-0.2, 0) is 17.2 Å². The Morgan fingerprint density at radius 3 is 2.29 bits per heavy atom. The van der Waals surface area contributed by atoms with Gasteiger partial charge in [-0.2, -0.15) is 4.57 Å². The van der Waals surface area contributed by atoms with Crippen molar-refractivity contribution in [1.82, 2.24) is 0 Å². The van der Waals surface area contributed by atoms with Crippen molar-refractivity contribution in [2.75, 3.05) is 26.2 Å². The van der Waals surface area contributed by atoms with E-state index in [9.17, 15) is 13.0 Å². The maximum atomic E-state index is 10.4. The van der Waals surface area contributed by atoms with Gasteiger partial charge in [0.1, 0.15) is 33.4 Å². The standard InChI is InChI=1S/C21H21N2O2S2.C7H8O3S/c1-22-16-12-14(24-3)8-10-18(16)26-20(22)6-5-7-21-23(2)17-13-15(25-4)9-11-19(17)27-21;1-6-2-4-7(5-3-6)11(8,9)10/h5-13H,1-4H3;2-5H,1H3,(H,8,9,10)/q+1;/p-1. The molecule has 0 bridgehead atoms. The molecule has 0 saturated carbocycles. The number of methoxy groups -OCH3 is 2. The van der Waals surface area contributed by atoms with Crippen LogP contribution in [0.1, 0.15) is 10.6 Å². The molecule has 38 heavy (non-hydrogen) atoms. The summed E-state index contributed by atoms with van der Waals surface area (Å²) in [5.41, 5.74) is 3.29. The number of thiazole rings is 1. The van der Waals surface area contributed by atoms with Crippen LogP contribution in [-0.4, -0.2) is 34.2 Å². The van der Waals surface area contributed by atoms with Crippen molar-refractivity contribution in [3.05, 3.63) is 88.4 Å². The van der Waals surface area contributed by atoms with Crippen molar-refractivity contribution >= 4 is 55.2 Å². The predicted molar refractivity (Wildman–Crippen MR) is 153 cm³/mol. The molecule has 0 fully saturated rings. The van der Waals surface area contributed by atoms with Gasteiger partial charge in [0.05, 0.1) is 35.9 Å². The first-order valence-electron chi connectivity index (χ1n) is 11.6. The zero-order chi connectivity index (χ0) is 27.4. The van der Waals surface area contributed by atoms with E-state index in [0.29, 0.717) is 0 Å². The summed E-state index contributed by atoms with van der Waals surface area (Å²) in [4.78, 5) is 3.27. The van der Waals surface area contributed by atoms with Crippen molar-refractivity contribution in [3.63, 3.8) is 0 Å². The molecule has 0 radical (unpaired) electrons. The second kappa shape index (κ2) is 11.6. The number of allylic oxidation sites excluding steroid dienone is 2. The Labute approximate surface area is 231 Å². The fourth-order valence-electron chi connectivity index (χ4n) is 3.75. The van der Waals surface area contributed by atoms with Gasteiger partial charge in [-0.1, -0.05) is 46.9 Å². The van der Waals surface area contributed by atoms with Crippen LogP contribution < -0.4 is 18.9 Å². The van der Waals surface area contributed by atoms with E-state index in [0.717, 1.165) is 17.1 Å². The molecule has 2 heterocycles. The van der Waals surface area contributed by atoms with Crippen molar-refractivity contribution in [3.8, 4) is 11.5 Å². The maximum Gasteiger partial charge on any atom is 0.262 e. The van der Waals surface area contributed by atoms with Gasteiger partial charge in [-0.3, -0.25) is 0 Å². The molecule has 10 heteroatoms. The van der Waals surface area contributed by atoms with Crippen LogP contribution in [0, 0.1) is 6.92 Å². The van der Waals surface area contributed by atoms with E-state index in [1.165, 1.54) is 43.0 Å².